The van der Waals surface area contributed by atoms with Crippen LogP contribution in [0.5, 0.6) is 0 Å². The largest absolute Gasteiger partial charge is 0.394 e. The minimum Gasteiger partial charge on any atom is -0.394 e. The van der Waals surface area contributed by atoms with Crippen molar-refractivity contribution in [2.24, 2.45) is 0 Å². The summed E-state index contributed by atoms with van der Waals surface area (Å²) in [4.78, 5) is 12.1. The first kappa shape index (κ1) is 12.5. The van der Waals surface area contributed by atoms with Crippen LogP contribution in [0.15, 0.2) is 12.3 Å². The van der Waals surface area contributed by atoms with Gasteiger partial charge in [0.25, 0.3) is 5.91 Å². The highest BCUT2D eigenvalue weighted by atomic mass is 35.5. The van der Waals surface area contributed by atoms with Gasteiger partial charge in [0.15, 0.2) is 0 Å². The number of hydrogen-bond donors (Lipinski definition) is 2. The Hall–Kier alpha value is -1.00. The molecule has 1 aromatic rings. The van der Waals surface area contributed by atoms with E-state index in [4.69, 9.17) is 11.6 Å². The maximum Gasteiger partial charge on any atom is 0.268 e. The molecule has 0 radical (unpaired) electrons. The van der Waals surface area contributed by atoms with Crippen LogP contribution in [-0.4, -0.2) is 27.7 Å². The lowest BCUT2D eigenvalue weighted by Gasteiger charge is -2.17. The molecule has 1 aromatic heterocycles. The quantitative estimate of drug-likeness (QED) is 0.866. The van der Waals surface area contributed by atoms with Gasteiger partial charge in [0.05, 0.1) is 17.2 Å². The van der Waals surface area contributed by atoms with Gasteiger partial charge in [-0.15, -0.1) is 0 Å². The van der Waals surface area contributed by atoms with Gasteiger partial charge in [0.2, 0.25) is 0 Å². The van der Waals surface area contributed by atoms with E-state index in [1.807, 2.05) is 18.4 Å². The average Bonchev–Trinajstić information content (AvgIpc) is 2.92. The standard InChI is InChI=1S/C12H17ClN2O2/c1-8(2)15-6-9(13)5-10(15)11(17)14-12(7-16)3-4-12/h5-6,8,16H,3-4,7H2,1-2H3,(H,14,17). The van der Waals surface area contributed by atoms with Crippen molar-refractivity contribution in [2.75, 3.05) is 6.61 Å². The molecule has 5 heteroatoms. The van der Waals surface area contributed by atoms with Crippen molar-refractivity contribution in [3.05, 3.63) is 23.0 Å². The molecule has 4 nitrogen and oxygen atoms in total. The van der Waals surface area contributed by atoms with E-state index in [2.05, 4.69) is 5.32 Å². The molecular formula is C12H17ClN2O2. The van der Waals surface area contributed by atoms with Gasteiger partial charge < -0.3 is 15.0 Å². The van der Waals surface area contributed by atoms with E-state index in [9.17, 15) is 9.90 Å². The van der Waals surface area contributed by atoms with Crippen LogP contribution in [0.2, 0.25) is 5.02 Å². The number of nitrogens with zero attached hydrogens (tertiary/aromatic N) is 1. The Morgan fingerprint density at radius 1 is 1.65 bits per heavy atom. The maximum absolute atomic E-state index is 12.1. The Morgan fingerprint density at radius 2 is 2.29 bits per heavy atom. The van der Waals surface area contributed by atoms with E-state index >= 15 is 0 Å². The molecule has 0 bridgehead atoms. The Morgan fingerprint density at radius 3 is 2.76 bits per heavy atom. The zero-order chi connectivity index (χ0) is 12.6. The van der Waals surface area contributed by atoms with Gasteiger partial charge in [-0.2, -0.15) is 0 Å². The molecule has 2 rings (SSSR count). The van der Waals surface area contributed by atoms with Gasteiger partial charge >= 0.3 is 0 Å². The van der Waals surface area contributed by atoms with Crippen molar-refractivity contribution in [1.29, 1.82) is 0 Å². The highest BCUT2D eigenvalue weighted by Gasteiger charge is 2.43. The summed E-state index contributed by atoms with van der Waals surface area (Å²) >= 11 is 5.92. The predicted molar refractivity (Wildman–Crippen MR) is 66.3 cm³/mol. The summed E-state index contributed by atoms with van der Waals surface area (Å²) in [6, 6.07) is 1.83. The van der Waals surface area contributed by atoms with Crippen LogP contribution >= 0.6 is 11.6 Å². The molecule has 17 heavy (non-hydrogen) atoms. The van der Waals surface area contributed by atoms with Gasteiger partial charge in [0, 0.05) is 12.2 Å². The van der Waals surface area contributed by atoms with Gasteiger partial charge in [-0.05, 0) is 32.8 Å². The molecule has 1 heterocycles. The second-order valence-corrected chi connectivity index (χ2v) is 5.37. The monoisotopic (exact) mass is 256 g/mol. The molecule has 1 saturated carbocycles. The van der Waals surface area contributed by atoms with E-state index in [1.165, 1.54) is 0 Å². The lowest BCUT2D eigenvalue weighted by molar-refractivity contribution is 0.0896. The second kappa shape index (κ2) is 4.35. The number of aliphatic hydroxyl groups is 1. The average molecular weight is 257 g/mol. The van der Waals surface area contributed by atoms with Crippen molar-refractivity contribution >= 4 is 17.5 Å². The number of halogens is 1. The highest BCUT2D eigenvalue weighted by molar-refractivity contribution is 6.31. The Kier molecular flexibility index (Phi) is 3.19. The second-order valence-electron chi connectivity index (χ2n) is 4.94. The van der Waals surface area contributed by atoms with Gasteiger partial charge in [-0.1, -0.05) is 11.6 Å². The summed E-state index contributed by atoms with van der Waals surface area (Å²) in [6.07, 6.45) is 3.43. The minimum absolute atomic E-state index is 0.00510. The number of aromatic nitrogens is 1. The van der Waals surface area contributed by atoms with Crippen LogP contribution in [0.4, 0.5) is 0 Å². The molecule has 94 valence electrons. The normalized spacial score (nSPS) is 17.2. The molecule has 2 N–H and O–H groups in total. The first-order valence-corrected chi connectivity index (χ1v) is 6.16. The molecule has 0 spiro atoms. The molecular weight excluding hydrogens is 240 g/mol. The Labute approximate surface area is 106 Å². The van der Waals surface area contributed by atoms with Crippen molar-refractivity contribution in [3.63, 3.8) is 0 Å². The molecule has 1 aliphatic carbocycles. The number of aliphatic hydroxyl groups excluding tert-OH is 1. The van der Waals surface area contributed by atoms with Crippen molar-refractivity contribution < 1.29 is 9.90 Å². The van der Waals surface area contributed by atoms with Crippen molar-refractivity contribution in [3.8, 4) is 0 Å². The number of amides is 1. The summed E-state index contributed by atoms with van der Waals surface area (Å²) in [5.74, 6) is -0.169. The van der Waals surface area contributed by atoms with Crippen molar-refractivity contribution in [2.45, 2.75) is 38.3 Å². The van der Waals surface area contributed by atoms with E-state index in [0.29, 0.717) is 10.7 Å². The fourth-order valence-electron chi connectivity index (χ4n) is 1.83. The number of rotatable bonds is 4. The van der Waals surface area contributed by atoms with Crippen LogP contribution in [0.1, 0.15) is 43.2 Å². The van der Waals surface area contributed by atoms with Crippen LogP contribution in [0, 0.1) is 0 Å². The third kappa shape index (κ3) is 2.48. The molecule has 0 unspecified atom stereocenters. The highest BCUT2D eigenvalue weighted by Crippen LogP contribution is 2.35. The summed E-state index contributed by atoms with van der Waals surface area (Å²) in [6.45, 7) is 3.98. The van der Waals surface area contributed by atoms with E-state index in [-0.39, 0.29) is 18.6 Å². The fourth-order valence-corrected chi connectivity index (χ4v) is 2.04. The van der Waals surface area contributed by atoms with Gasteiger partial charge in [-0.25, -0.2) is 0 Å². The molecule has 0 aromatic carbocycles. The first-order chi connectivity index (χ1) is 7.97. The third-order valence-electron chi connectivity index (χ3n) is 3.14. The molecule has 0 atom stereocenters. The zero-order valence-electron chi connectivity index (χ0n) is 10.0. The van der Waals surface area contributed by atoms with Crippen LogP contribution in [0.25, 0.3) is 0 Å². The number of hydrogen-bond acceptors (Lipinski definition) is 2. The summed E-state index contributed by atoms with van der Waals surface area (Å²) in [5.41, 5.74) is 0.153. The van der Waals surface area contributed by atoms with Crippen LogP contribution in [0.3, 0.4) is 0 Å². The fraction of sp³-hybridized carbons (Fsp3) is 0.583. The van der Waals surface area contributed by atoms with E-state index in [1.54, 1.807) is 12.3 Å². The third-order valence-corrected chi connectivity index (χ3v) is 3.35. The topological polar surface area (TPSA) is 54.3 Å². The summed E-state index contributed by atoms with van der Waals surface area (Å²) in [7, 11) is 0. The van der Waals surface area contributed by atoms with Crippen molar-refractivity contribution in [1.82, 2.24) is 9.88 Å². The number of nitrogens with one attached hydrogen (secondary N) is 1. The van der Waals surface area contributed by atoms with Gasteiger partial charge in [-0.3, -0.25) is 4.79 Å². The molecule has 1 fully saturated rings. The Bertz CT molecular complexity index is 436. The summed E-state index contributed by atoms with van der Waals surface area (Å²) < 4.78 is 1.84. The zero-order valence-corrected chi connectivity index (χ0v) is 10.8. The smallest absolute Gasteiger partial charge is 0.268 e. The lowest BCUT2D eigenvalue weighted by Crippen LogP contribution is -2.40. The predicted octanol–water partition coefficient (Wildman–Crippen LogP) is 1.98. The maximum atomic E-state index is 12.1. The number of carbonyl (C=O) groups is 1. The Balaban J connectivity index is 2.19. The van der Waals surface area contributed by atoms with E-state index in [0.717, 1.165) is 12.8 Å². The van der Waals surface area contributed by atoms with Crippen LogP contribution < -0.4 is 5.32 Å². The first-order valence-electron chi connectivity index (χ1n) is 5.78. The molecule has 0 saturated heterocycles. The molecule has 1 aliphatic rings. The molecule has 1 amide bonds. The SMILES string of the molecule is CC(C)n1cc(Cl)cc1C(=O)NC1(CO)CC1. The van der Waals surface area contributed by atoms with Gasteiger partial charge in [0.1, 0.15) is 5.69 Å². The summed E-state index contributed by atoms with van der Waals surface area (Å²) in [5, 5.41) is 12.6. The van der Waals surface area contributed by atoms with E-state index < -0.39 is 5.54 Å². The number of carbonyl (C=O) groups excluding carboxylic acids is 1. The minimum atomic E-state index is -0.393. The molecule has 0 aliphatic heterocycles. The van der Waals surface area contributed by atoms with Crippen LogP contribution in [-0.2, 0) is 0 Å². The lowest BCUT2D eigenvalue weighted by atomic mass is 10.2.